The minimum atomic E-state index is -1.93. The number of aliphatic hydroxyl groups is 5. The number of para-hydroxylation sites is 1. The highest BCUT2D eigenvalue weighted by atomic mass is 32.1. The van der Waals surface area contributed by atoms with Gasteiger partial charge in [0.05, 0.1) is 41.3 Å². The van der Waals surface area contributed by atoms with Crippen molar-refractivity contribution in [3.8, 4) is 16.9 Å². The predicted molar refractivity (Wildman–Crippen MR) is 319 cm³/mol. The van der Waals surface area contributed by atoms with Crippen LogP contribution in [0.15, 0.2) is 79.0 Å². The molecule has 3 aromatic carbocycles. The van der Waals surface area contributed by atoms with Gasteiger partial charge in [0.15, 0.2) is 16.9 Å². The molecule has 1 saturated heterocycles. The summed E-state index contributed by atoms with van der Waals surface area (Å²) in [5, 5.41) is 80.5. The molecule has 4 aliphatic carbocycles. The molecular formula is C63H76N8O15S. The van der Waals surface area contributed by atoms with Gasteiger partial charge < -0.3 is 70.2 Å². The first-order chi connectivity index (χ1) is 41.6. The average molecular weight is 1220 g/mol. The van der Waals surface area contributed by atoms with E-state index in [0.29, 0.717) is 78.6 Å². The molecule has 12 rings (SSSR count). The molecule has 464 valence electrons. The highest BCUT2D eigenvalue weighted by Gasteiger charge is 2.66. The zero-order valence-electron chi connectivity index (χ0n) is 49.0. The summed E-state index contributed by atoms with van der Waals surface area (Å²) in [6.45, 7) is 7.83. The highest BCUT2D eigenvalue weighted by molar-refractivity contribution is 7.22. The number of aromatic carboxylic acids is 1. The smallest absolute Gasteiger partial charge is 0.410 e. The first-order valence-electron chi connectivity index (χ1n) is 29.6. The summed E-state index contributed by atoms with van der Waals surface area (Å²) in [6.07, 6.45) is -2.40. The molecule has 2 aliphatic heterocycles. The van der Waals surface area contributed by atoms with Crippen LogP contribution in [-0.4, -0.2) is 166 Å². The van der Waals surface area contributed by atoms with Crippen LogP contribution in [0.5, 0.6) is 5.75 Å². The van der Waals surface area contributed by atoms with Gasteiger partial charge in [-0.1, -0.05) is 61.6 Å². The van der Waals surface area contributed by atoms with Crippen LogP contribution < -0.4 is 20.7 Å². The molecule has 0 spiro atoms. The van der Waals surface area contributed by atoms with Gasteiger partial charge in [0.25, 0.3) is 5.91 Å². The van der Waals surface area contributed by atoms with Crippen molar-refractivity contribution in [3.63, 3.8) is 0 Å². The number of hydrogen-bond donors (Lipinski definition) is 9. The number of pyridine rings is 1. The van der Waals surface area contributed by atoms with E-state index in [4.69, 9.17) is 34.8 Å². The molecule has 87 heavy (non-hydrogen) atoms. The molecule has 5 heterocycles. The molecule has 6 aromatic rings. The minimum Gasteiger partial charge on any atom is -0.479 e. The van der Waals surface area contributed by atoms with Gasteiger partial charge >= 0.3 is 18.0 Å². The van der Waals surface area contributed by atoms with Crippen molar-refractivity contribution < 1.29 is 73.9 Å². The van der Waals surface area contributed by atoms with Crippen molar-refractivity contribution in [1.82, 2.24) is 24.6 Å². The van der Waals surface area contributed by atoms with Gasteiger partial charge in [-0.25, -0.2) is 24.4 Å². The number of anilines is 2. The molecule has 5 fully saturated rings. The topological polar surface area (TPSA) is 335 Å². The van der Waals surface area contributed by atoms with Crippen LogP contribution in [0, 0.1) is 23.2 Å². The van der Waals surface area contributed by atoms with Gasteiger partial charge in [-0.05, 0) is 147 Å². The molecule has 10 N–H and O–H groups in total. The molecule has 4 bridgehead atoms. The Bertz CT molecular complexity index is 3510. The Hall–Kier alpha value is -7.13. The van der Waals surface area contributed by atoms with E-state index in [1.54, 1.807) is 36.5 Å². The number of nitrogens with one attached hydrogen (secondary N) is 1. The Morgan fingerprint density at radius 3 is 2.43 bits per heavy atom. The van der Waals surface area contributed by atoms with Crippen LogP contribution >= 0.6 is 11.3 Å². The van der Waals surface area contributed by atoms with Crippen LogP contribution in [0.25, 0.3) is 21.3 Å². The number of rotatable bonds is 23. The average Bonchev–Trinajstić information content (AvgIpc) is 0.831. The van der Waals surface area contributed by atoms with E-state index in [0.717, 1.165) is 71.1 Å². The van der Waals surface area contributed by atoms with E-state index in [2.05, 4.69) is 24.1 Å². The number of carboxylic acid groups (broad SMARTS) is 2. The number of thiazole rings is 1. The summed E-state index contributed by atoms with van der Waals surface area (Å²) < 4.78 is 27.3. The van der Waals surface area contributed by atoms with Crippen LogP contribution in [0.4, 0.5) is 15.7 Å². The van der Waals surface area contributed by atoms with E-state index in [-0.39, 0.29) is 66.3 Å². The van der Waals surface area contributed by atoms with E-state index in [1.165, 1.54) is 16.2 Å². The first kappa shape index (κ1) is 61.5. The number of aromatic nitrogens is 4. The molecule has 4 saturated carbocycles. The molecule has 23 nitrogen and oxygen atoms in total. The number of benzene rings is 3. The van der Waals surface area contributed by atoms with Crippen molar-refractivity contribution in [1.29, 1.82) is 0 Å². The number of carbonyl (C=O) groups is 4. The molecule has 0 radical (unpaired) electrons. The standard InChI is InChI=1S/C63H76N8O15S/c1-36-43(41-15-16-48(67-49(41)55(78)79)70-20-17-38-9-6-10-42(44(38)26-70)54(77)68-58-66-45-11-4-5-12-47(45)87-58)25-65-71(36)35-62-30-60(2)29-61(3,31-62)33-63(32-60,34-62)84-23-22-69(21-18-40(73)27-72)59(82)83-28-39-14-13-37(8-7-19-64)24-46(39)85-57-52(76)50(74)51(75)53(86-57)56(80)81/h4-6,9-16,24-25,40,50-53,57,72-76H,7-8,17-23,26-35,64H2,1-3H3,(H,78,79)(H,80,81)(H,66,68,77)/t40-,50-,51-,52+,53-,57+,60?,61?,62?,63?/m0/s1. The lowest BCUT2D eigenvalue weighted by Crippen LogP contribution is -2.64. The lowest BCUT2D eigenvalue weighted by molar-refractivity contribution is -0.271. The van der Waals surface area contributed by atoms with Crippen LogP contribution in [0.3, 0.4) is 0 Å². The number of nitrogens with two attached hydrogens (primary N) is 1. The van der Waals surface area contributed by atoms with E-state index >= 15 is 0 Å². The minimum absolute atomic E-state index is 0.0140. The summed E-state index contributed by atoms with van der Waals surface area (Å²) in [4.78, 5) is 65.7. The second-order valence-corrected chi connectivity index (χ2v) is 26.3. The Kier molecular flexibility index (Phi) is 17.5. The zero-order chi connectivity index (χ0) is 61.6. The number of aliphatic carboxylic acids is 1. The Balaban J connectivity index is 0.772. The third kappa shape index (κ3) is 12.9. The molecule has 6 aliphatic rings. The second-order valence-electron chi connectivity index (χ2n) is 25.3. The number of aryl methyl sites for hydroxylation is 1. The third-order valence-corrected chi connectivity index (χ3v) is 19.1. The van der Waals surface area contributed by atoms with Gasteiger partial charge in [0.1, 0.15) is 36.5 Å². The molecule has 2 amide bonds. The molecule has 8 atom stereocenters. The van der Waals surface area contributed by atoms with Gasteiger partial charge in [0.2, 0.25) is 6.29 Å². The van der Waals surface area contributed by atoms with Crippen molar-refractivity contribution in [2.45, 2.75) is 147 Å². The maximum Gasteiger partial charge on any atom is 0.410 e. The molecule has 3 aromatic heterocycles. The second kappa shape index (κ2) is 24.8. The van der Waals surface area contributed by atoms with E-state index in [9.17, 15) is 54.9 Å². The van der Waals surface area contributed by atoms with Gasteiger partial charge in [-0.15, -0.1) is 0 Å². The fourth-order valence-corrected chi connectivity index (χ4v) is 16.1. The predicted octanol–water partition coefficient (Wildman–Crippen LogP) is 6.06. The lowest BCUT2D eigenvalue weighted by Gasteiger charge is -2.69. The quantitative estimate of drug-likeness (QED) is 0.0352. The van der Waals surface area contributed by atoms with E-state index in [1.807, 2.05) is 59.0 Å². The Morgan fingerprint density at radius 2 is 1.69 bits per heavy atom. The lowest BCUT2D eigenvalue weighted by atomic mass is 9.39. The highest BCUT2D eigenvalue weighted by Crippen LogP contribution is 2.72. The SMILES string of the molecule is Cc1c(-c2ccc(N3CCc4cccc(C(=O)Nc5nc6ccccc6s5)c4C3)nc2C(=O)O)cnn1CC12CC3(C)CC(C)(C1)CC(OCCN(CC[C@H](O)CO)C(=O)OCc1ccc(CCCN)cc1O[C@@H]1O[C@H](C(=O)O)[C@@H](O)[C@H](O)[C@H]1O)(C3)C2. The van der Waals surface area contributed by atoms with Gasteiger partial charge in [-0.2, -0.15) is 5.10 Å². The molecule has 2 unspecified atom stereocenters. The van der Waals surface area contributed by atoms with Crippen molar-refractivity contribution in [2.24, 2.45) is 22.0 Å². The fraction of sp³-hybridized carbons (Fsp3) is 0.508. The largest absolute Gasteiger partial charge is 0.479 e. The summed E-state index contributed by atoms with van der Waals surface area (Å²) in [7, 11) is 0. The summed E-state index contributed by atoms with van der Waals surface area (Å²) >= 11 is 1.41. The molecular weight excluding hydrogens is 1140 g/mol. The van der Waals surface area contributed by atoms with Crippen molar-refractivity contribution >= 4 is 56.4 Å². The Morgan fingerprint density at radius 1 is 0.908 bits per heavy atom. The maximum absolute atomic E-state index is 14.1. The normalized spacial score (nSPS) is 26.8. The number of nitrogens with zero attached hydrogens (tertiary/aromatic N) is 6. The maximum atomic E-state index is 14.1. The monoisotopic (exact) mass is 1220 g/mol. The zero-order valence-corrected chi connectivity index (χ0v) is 49.8. The number of hydrogen-bond acceptors (Lipinski definition) is 19. The number of fused-ring (bicyclic) bond motifs is 2. The van der Waals surface area contributed by atoms with E-state index < -0.39 is 67.0 Å². The van der Waals surface area contributed by atoms with Gasteiger partial charge in [0, 0.05) is 60.7 Å². The molecule has 24 heteroatoms. The van der Waals surface area contributed by atoms with Crippen LogP contribution in [0.1, 0.15) is 114 Å². The number of amides is 2. The summed E-state index contributed by atoms with van der Waals surface area (Å²) in [5.41, 5.74) is 10.9. The fourth-order valence-electron chi connectivity index (χ4n) is 15.3. The number of carbonyl (C=O) groups excluding carboxylic acids is 2. The van der Waals surface area contributed by atoms with Gasteiger partial charge in [-0.3, -0.25) is 14.8 Å². The summed E-state index contributed by atoms with van der Waals surface area (Å²) in [5.74, 6) is -2.48. The Labute approximate surface area is 506 Å². The first-order valence-corrected chi connectivity index (χ1v) is 30.5. The van der Waals surface area contributed by atoms with Crippen LogP contribution in [-0.2, 0) is 51.5 Å². The van der Waals surface area contributed by atoms with Crippen molar-refractivity contribution in [3.05, 3.63) is 118 Å². The summed E-state index contributed by atoms with van der Waals surface area (Å²) in [6, 6.07) is 22.1. The third-order valence-electron chi connectivity index (χ3n) is 18.1. The number of ether oxygens (including phenoxy) is 4. The van der Waals surface area contributed by atoms with Crippen molar-refractivity contribution in [2.75, 3.05) is 49.6 Å². The number of carboxylic acids is 2. The number of aliphatic hydroxyl groups excluding tert-OH is 5. The van der Waals surface area contributed by atoms with Crippen LogP contribution in [0.2, 0.25) is 0 Å².